The van der Waals surface area contributed by atoms with Crippen molar-refractivity contribution in [2.45, 2.75) is 63.6 Å². The van der Waals surface area contributed by atoms with E-state index < -0.39 is 0 Å². The molecule has 4 heteroatoms. The first-order valence-electron chi connectivity index (χ1n) is 8.99. The number of thiophene rings is 1. The predicted molar refractivity (Wildman–Crippen MR) is 98.9 cm³/mol. The lowest BCUT2D eigenvalue weighted by molar-refractivity contribution is -0.000334. The van der Waals surface area contributed by atoms with E-state index in [-0.39, 0.29) is 12.1 Å². The van der Waals surface area contributed by atoms with Crippen LogP contribution in [-0.2, 0) is 4.74 Å². The maximum absolute atomic E-state index is 13.0. The number of carbonyl (C=O) groups excluding carboxylic acids is 1. The second-order valence-corrected chi connectivity index (χ2v) is 8.63. The molecule has 2 aliphatic heterocycles. The van der Waals surface area contributed by atoms with E-state index in [2.05, 4.69) is 31.9 Å². The second-order valence-electron chi connectivity index (χ2n) is 7.54. The van der Waals surface area contributed by atoms with Crippen LogP contribution in [0, 0.1) is 0 Å². The van der Waals surface area contributed by atoms with Gasteiger partial charge in [-0.1, -0.05) is 32.0 Å². The summed E-state index contributed by atoms with van der Waals surface area (Å²) >= 11 is 1.73. The fraction of sp³-hybridized carbons (Fsp3) is 0.550. The molecule has 1 aromatic heterocycles. The third kappa shape index (κ3) is 2.66. The first-order chi connectivity index (χ1) is 11.5. The Morgan fingerprint density at radius 2 is 1.88 bits per heavy atom. The van der Waals surface area contributed by atoms with Gasteiger partial charge >= 0.3 is 5.97 Å². The van der Waals surface area contributed by atoms with Gasteiger partial charge in [0.15, 0.2) is 0 Å². The Morgan fingerprint density at radius 1 is 1.21 bits per heavy atom. The van der Waals surface area contributed by atoms with Gasteiger partial charge in [0, 0.05) is 39.9 Å². The third-order valence-corrected chi connectivity index (χ3v) is 7.15. The molecule has 3 heterocycles. The largest absolute Gasteiger partial charge is 0.459 e. The standard InChI is InChI=1S/C20H25NO2S/c1-12(2)19-18(16-6-4-5-7-17(16)24-19)20(22)23-15-10-13-8-9-14(11-15)21(13)3/h4-7,12-15H,8-11H2,1-3H3. The minimum atomic E-state index is -0.120. The van der Waals surface area contributed by atoms with Gasteiger partial charge in [-0.2, -0.15) is 0 Å². The zero-order valence-corrected chi connectivity index (χ0v) is 15.4. The topological polar surface area (TPSA) is 29.5 Å². The molecule has 4 rings (SSSR count). The first-order valence-corrected chi connectivity index (χ1v) is 9.80. The van der Waals surface area contributed by atoms with Gasteiger partial charge in [-0.05, 0) is 31.9 Å². The molecule has 2 saturated heterocycles. The van der Waals surface area contributed by atoms with Gasteiger partial charge in [-0.15, -0.1) is 11.3 Å². The van der Waals surface area contributed by atoms with Crippen LogP contribution in [0.25, 0.3) is 10.1 Å². The van der Waals surface area contributed by atoms with Crippen molar-refractivity contribution in [1.29, 1.82) is 0 Å². The van der Waals surface area contributed by atoms with Crippen LogP contribution in [0.3, 0.4) is 0 Å². The summed E-state index contributed by atoms with van der Waals surface area (Å²) in [7, 11) is 2.21. The smallest absolute Gasteiger partial charge is 0.340 e. The van der Waals surface area contributed by atoms with Crippen molar-refractivity contribution in [2.75, 3.05) is 7.05 Å². The number of hydrogen-bond acceptors (Lipinski definition) is 4. The Bertz CT molecular complexity index is 752. The number of fused-ring (bicyclic) bond motifs is 3. The summed E-state index contributed by atoms with van der Waals surface area (Å²) in [6.45, 7) is 4.30. The Kier molecular flexibility index (Phi) is 4.13. The van der Waals surface area contributed by atoms with Crippen LogP contribution in [0.4, 0.5) is 0 Å². The van der Waals surface area contributed by atoms with Crippen LogP contribution in [0.2, 0.25) is 0 Å². The molecular formula is C20H25NO2S. The average molecular weight is 343 g/mol. The summed E-state index contributed by atoms with van der Waals surface area (Å²) in [5, 5.41) is 1.05. The highest BCUT2D eigenvalue weighted by Crippen LogP contribution is 2.39. The summed E-state index contributed by atoms with van der Waals surface area (Å²) in [5.41, 5.74) is 0.803. The van der Waals surface area contributed by atoms with E-state index in [1.165, 1.54) is 17.5 Å². The van der Waals surface area contributed by atoms with Crippen molar-refractivity contribution < 1.29 is 9.53 Å². The number of nitrogens with zero attached hydrogens (tertiary/aromatic N) is 1. The monoisotopic (exact) mass is 343 g/mol. The molecule has 3 nitrogen and oxygen atoms in total. The fourth-order valence-corrected chi connectivity index (χ4v) is 5.54. The Hall–Kier alpha value is -1.39. The summed E-state index contributed by atoms with van der Waals surface area (Å²) < 4.78 is 7.18. The van der Waals surface area contributed by atoms with Gasteiger partial charge < -0.3 is 9.64 Å². The van der Waals surface area contributed by atoms with Crippen molar-refractivity contribution >= 4 is 27.4 Å². The van der Waals surface area contributed by atoms with E-state index in [4.69, 9.17) is 4.74 Å². The number of rotatable bonds is 3. The van der Waals surface area contributed by atoms with E-state index in [9.17, 15) is 4.79 Å². The highest BCUT2D eigenvalue weighted by atomic mass is 32.1. The van der Waals surface area contributed by atoms with E-state index in [1.54, 1.807) is 11.3 Å². The van der Waals surface area contributed by atoms with Crippen molar-refractivity contribution in [3.05, 3.63) is 34.7 Å². The van der Waals surface area contributed by atoms with Crippen molar-refractivity contribution in [3.63, 3.8) is 0 Å². The number of piperidine rings is 1. The third-order valence-electron chi connectivity index (χ3n) is 5.68. The lowest BCUT2D eigenvalue weighted by Crippen LogP contribution is -2.43. The first kappa shape index (κ1) is 16.1. The van der Waals surface area contributed by atoms with Crippen LogP contribution in [-0.4, -0.2) is 36.1 Å². The zero-order chi connectivity index (χ0) is 16.8. The fourth-order valence-electron chi connectivity index (χ4n) is 4.35. The zero-order valence-electron chi connectivity index (χ0n) is 14.6. The molecule has 2 fully saturated rings. The molecule has 24 heavy (non-hydrogen) atoms. The summed E-state index contributed by atoms with van der Waals surface area (Å²) in [6.07, 6.45) is 4.53. The number of benzene rings is 1. The summed E-state index contributed by atoms with van der Waals surface area (Å²) in [6, 6.07) is 9.36. The molecule has 2 aliphatic rings. The van der Waals surface area contributed by atoms with Crippen molar-refractivity contribution in [3.8, 4) is 0 Å². The molecule has 0 radical (unpaired) electrons. The molecule has 1 aromatic carbocycles. The minimum absolute atomic E-state index is 0.0740. The molecule has 0 saturated carbocycles. The molecule has 0 amide bonds. The highest BCUT2D eigenvalue weighted by molar-refractivity contribution is 7.19. The molecule has 2 unspecified atom stereocenters. The molecule has 2 atom stereocenters. The van der Waals surface area contributed by atoms with Crippen LogP contribution >= 0.6 is 11.3 Å². The van der Waals surface area contributed by atoms with E-state index in [1.807, 2.05) is 18.2 Å². The van der Waals surface area contributed by atoms with Crippen molar-refractivity contribution in [2.24, 2.45) is 0 Å². The van der Waals surface area contributed by atoms with Gasteiger partial charge in [0.1, 0.15) is 6.10 Å². The second kappa shape index (κ2) is 6.16. The van der Waals surface area contributed by atoms with Gasteiger partial charge in [0.05, 0.1) is 5.56 Å². The predicted octanol–water partition coefficient (Wildman–Crippen LogP) is 4.81. The highest BCUT2D eigenvalue weighted by Gasteiger charge is 2.40. The average Bonchev–Trinajstić information content (AvgIpc) is 3.02. The lowest BCUT2D eigenvalue weighted by Gasteiger charge is -2.35. The summed E-state index contributed by atoms with van der Waals surface area (Å²) in [5.74, 6) is 0.212. The van der Waals surface area contributed by atoms with Crippen LogP contribution in [0.15, 0.2) is 24.3 Å². The SMILES string of the molecule is CC(C)c1sc2ccccc2c1C(=O)OC1CC2CCC(C1)N2C. The summed E-state index contributed by atoms with van der Waals surface area (Å²) in [4.78, 5) is 16.6. The van der Waals surface area contributed by atoms with Crippen LogP contribution in [0.5, 0.6) is 0 Å². The molecule has 0 aliphatic carbocycles. The van der Waals surface area contributed by atoms with Gasteiger partial charge in [0.25, 0.3) is 0 Å². The van der Waals surface area contributed by atoms with E-state index in [0.717, 1.165) is 28.7 Å². The number of esters is 1. The van der Waals surface area contributed by atoms with Gasteiger partial charge in [-0.3, -0.25) is 0 Å². The number of carbonyl (C=O) groups is 1. The number of ether oxygens (including phenoxy) is 1. The molecular weight excluding hydrogens is 318 g/mol. The van der Waals surface area contributed by atoms with Crippen LogP contribution < -0.4 is 0 Å². The normalized spacial score (nSPS) is 27.1. The molecule has 2 aromatic rings. The lowest BCUT2D eigenvalue weighted by atomic mass is 10.00. The van der Waals surface area contributed by atoms with Gasteiger partial charge in [0.2, 0.25) is 0 Å². The van der Waals surface area contributed by atoms with Crippen molar-refractivity contribution in [1.82, 2.24) is 4.90 Å². The van der Waals surface area contributed by atoms with Gasteiger partial charge in [-0.25, -0.2) is 4.79 Å². The minimum Gasteiger partial charge on any atom is -0.459 e. The molecule has 128 valence electrons. The van der Waals surface area contributed by atoms with E-state index in [0.29, 0.717) is 18.0 Å². The van der Waals surface area contributed by atoms with Crippen LogP contribution in [0.1, 0.15) is 60.7 Å². The van der Waals surface area contributed by atoms with E-state index >= 15 is 0 Å². The maximum atomic E-state index is 13.0. The molecule has 0 spiro atoms. The Balaban J connectivity index is 1.61. The maximum Gasteiger partial charge on any atom is 0.340 e. The quantitative estimate of drug-likeness (QED) is 0.749. The Labute approximate surface area is 147 Å². The number of hydrogen-bond donors (Lipinski definition) is 0. The molecule has 0 N–H and O–H groups in total. The Morgan fingerprint density at radius 3 is 2.54 bits per heavy atom. The molecule has 2 bridgehead atoms.